The van der Waals surface area contributed by atoms with Crippen LogP contribution in [0.25, 0.3) is 0 Å². The number of aryl methyl sites for hydroxylation is 1. The van der Waals surface area contributed by atoms with Gasteiger partial charge in [-0.05, 0) is 30.9 Å². The van der Waals surface area contributed by atoms with Crippen molar-refractivity contribution in [2.24, 2.45) is 17.6 Å². The molecule has 0 aliphatic rings. The fourth-order valence-electron chi connectivity index (χ4n) is 1.83. The molecule has 1 rings (SSSR count). The van der Waals surface area contributed by atoms with Gasteiger partial charge < -0.3 is 11.1 Å². The number of nitrogens with two attached hydrogens (primary N) is 1. The molecule has 0 fully saturated rings. The summed E-state index contributed by atoms with van der Waals surface area (Å²) in [6, 6.07) is 7.77. The monoisotopic (exact) mass is 234 g/mol. The Morgan fingerprint density at radius 2 is 2.00 bits per heavy atom. The summed E-state index contributed by atoms with van der Waals surface area (Å²) in [7, 11) is 0. The van der Waals surface area contributed by atoms with Gasteiger partial charge in [-0.3, -0.25) is 4.79 Å². The van der Waals surface area contributed by atoms with Crippen LogP contribution in [-0.2, 0) is 4.79 Å². The average Bonchev–Trinajstić information content (AvgIpc) is 2.28. The Bertz CT molecular complexity index is 374. The summed E-state index contributed by atoms with van der Waals surface area (Å²) in [5.41, 5.74) is 7.60. The highest BCUT2D eigenvalue weighted by atomic mass is 16.1. The van der Waals surface area contributed by atoms with E-state index in [2.05, 4.69) is 19.2 Å². The van der Waals surface area contributed by atoms with Crippen molar-refractivity contribution in [3.63, 3.8) is 0 Å². The second kappa shape index (κ2) is 6.40. The number of benzene rings is 1. The minimum atomic E-state index is -0.102. The van der Waals surface area contributed by atoms with Crippen molar-refractivity contribution in [3.8, 4) is 0 Å². The van der Waals surface area contributed by atoms with Crippen molar-refractivity contribution in [3.05, 3.63) is 29.8 Å². The molecule has 0 radical (unpaired) electrons. The third-order valence-electron chi connectivity index (χ3n) is 2.81. The molecule has 1 atom stereocenters. The molecule has 1 aromatic carbocycles. The zero-order chi connectivity index (χ0) is 12.8. The van der Waals surface area contributed by atoms with Gasteiger partial charge in [-0.25, -0.2) is 0 Å². The molecule has 0 aliphatic carbocycles. The molecule has 0 heterocycles. The number of hydrogen-bond acceptors (Lipinski definition) is 2. The number of hydrogen-bond donors (Lipinski definition) is 2. The first-order chi connectivity index (χ1) is 8.04. The van der Waals surface area contributed by atoms with Gasteiger partial charge in [0, 0.05) is 12.2 Å². The first-order valence-electron chi connectivity index (χ1n) is 6.11. The minimum absolute atomic E-state index is 0.0236. The van der Waals surface area contributed by atoms with E-state index in [9.17, 15) is 4.79 Å². The predicted octanol–water partition coefficient (Wildman–Crippen LogP) is 2.55. The van der Waals surface area contributed by atoms with Crippen molar-refractivity contribution in [2.75, 3.05) is 11.9 Å². The van der Waals surface area contributed by atoms with Crippen LogP contribution in [0.2, 0.25) is 0 Å². The van der Waals surface area contributed by atoms with E-state index in [0.717, 1.165) is 17.7 Å². The van der Waals surface area contributed by atoms with Crippen molar-refractivity contribution in [2.45, 2.75) is 27.2 Å². The second-order valence-corrected chi connectivity index (χ2v) is 4.87. The average molecular weight is 234 g/mol. The van der Waals surface area contributed by atoms with Gasteiger partial charge in [0.2, 0.25) is 5.91 Å². The SMILES string of the molecule is Cc1ccccc1NC(=O)C(CN)CC(C)C. The number of para-hydroxylation sites is 1. The first kappa shape index (κ1) is 13.7. The van der Waals surface area contributed by atoms with E-state index >= 15 is 0 Å². The van der Waals surface area contributed by atoms with Crippen LogP contribution in [-0.4, -0.2) is 12.5 Å². The summed E-state index contributed by atoms with van der Waals surface area (Å²) in [5, 5.41) is 2.95. The molecular weight excluding hydrogens is 212 g/mol. The summed E-state index contributed by atoms with van der Waals surface area (Å²) in [6.45, 7) is 6.58. The zero-order valence-corrected chi connectivity index (χ0v) is 10.9. The number of amides is 1. The van der Waals surface area contributed by atoms with Gasteiger partial charge in [-0.1, -0.05) is 32.0 Å². The van der Waals surface area contributed by atoms with E-state index < -0.39 is 0 Å². The summed E-state index contributed by atoms with van der Waals surface area (Å²) in [5.74, 6) is 0.399. The molecule has 94 valence electrons. The van der Waals surface area contributed by atoms with E-state index in [1.807, 2.05) is 31.2 Å². The standard InChI is InChI=1S/C14H22N2O/c1-10(2)8-12(9-15)14(17)16-13-7-5-4-6-11(13)3/h4-7,10,12H,8-9,15H2,1-3H3,(H,16,17). The van der Waals surface area contributed by atoms with Crippen molar-refractivity contribution < 1.29 is 4.79 Å². The largest absolute Gasteiger partial charge is 0.330 e. The molecule has 3 N–H and O–H groups in total. The Morgan fingerprint density at radius 3 is 2.53 bits per heavy atom. The molecule has 0 saturated carbocycles. The summed E-state index contributed by atoms with van der Waals surface area (Å²) in [6.07, 6.45) is 0.828. The number of carbonyl (C=O) groups excluding carboxylic acids is 1. The summed E-state index contributed by atoms with van der Waals surface area (Å²) < 4.78 is 0. The molecule has 0 spiro atoms. The third kappa shape index (κ3) is 4.19. The molecule has 1 unspecified atom stereocenters. The van der Waals surface area contributed by atoms with Gasteiger partial charge in [0.25, 0.3) is 0 Å². The third-order valence-corrected chi connectivity index (χ3v) is 2.81. The zero-order valence-electron chi connectivity index (χ0n) is 10.9. The number of anilines is 1. The molecule has 17 heavy (non-hydrogen) atoms. The van der Waals surface area contributed by atoms with Crippen LogP contribution < -0.4 is 11.1 Å². The quantitative estimate of drug-likeness (QED) is 0.822. The highest BCUT2D eigenvalue weighted by Crippen LogP contribution is 2.17. The maximum atomic E-state index is 12.0. The molecule has 0 bridgehead atoms. The smallest absolute Gasteiger partial charge is 0.228 e. The maximum Gasteiger partial charge on any atom is 0.228 e. The van der Waals surface area contributed by atoms with Crippen LogP contribution in [0.3, 0.4) is 0 Å². The Balaban J connectivity index is 2.67. The lowest BCUT2D eigenvalue weighted by atomic mass is 9.96. The lowest BCUT2D eigenvalue weighted by Gasteiger charge is -2.17. The number of nitrogens with one attached hydrogen (secondary N) is 1. The highest BCUT2D eigenvalue weighted by molar-refractivity contribution is 5.93. The maximum absolute atomic E-state index is 12.0. The highest BCUT2D eigenvalue weighted by Gasteiger charge is 2.18. The van der Waals surface area contributed by atoms with Gasteiger partial charge in [0.15, 0.2) is 0 Å². The van der Waals surface area contributed by atoms with E-state index in [1.54, 1.807) is 0 Å². The fraction of sp³-hybridized carbons (Fsp3) is 0.500. The Kier molecular flexibility index (Phi) is 5.16. The van der Waals surface area contributed by atoms with Crippen LogP contribution in [0.5, 0.6) is 0 Å². The normalized spacial score (nSPS) is 12.5. The van der Waals surface area contributed by atoms with Crippen LogP contribution in [0.4, 0.5) is 5.69 Å². The van der Waals surface area contributed by atoms with Crippen LogP contribution >= 0.6 is 0 Å². The second-order valence-electron chi connectivity index (χ2n) is 4.87. The van der Waals surface area contributed by atoms with Gasteiger partial charge in [0.1, 0.15) is 0 Å². The van der Waals surface area contributed by atoms with Gasteiger partial charge in [-0.15, -0.1) is 0 Å². The van der Waals surface area contributed by atoms with Gasteiger partial charge in [-0.2, -0.15) is 0 Å². The Labute approximate surface area is 103 Å². The van der Waals surface area contributed by atoms with E-state index in [4.69, 9.17) is 5.73 Å². The van der Waals surface area contributed by atoms with Crippen molar-refractivity contribution in [1.82, 2.24) is 0 Å². The lowest BCUT2D eigenvalue weighted by Crippen LogP contribution is -2.30. The van der Waals surface area contributed by atoms with Crippen LogP contribution in [0.15, 0.2) is 24.3 Å². The molecule has 3 nitrogen and oxygen atoms in total. The minimum Gasteiger partial charge on any atom is -0.330 e. The van der Waals surface area contributed by atoms with E-state index in [1.165, 1.54) is 0 Å². The van der Waals surface area contributed by atoms with Crippen LogP contribution in [0, 0.1) is 18.8 Å². The topological polar surface area (TPSA) is 55.1 Å². The summed E-state index contributed by atoms with van der Waals surface area (Å²) >= 11 is 0. The Hall–Kier alpha value is -1.35. The van der Waals surface area contributed by atoms with Crippen molar-refractivity contribution >= 4 is 11.6 Å². The molecule has 1 aromatic rings. The molecule has 0 aromatic heterocycles. The molecule has 0 aliphatic heterocycles. The van der Waals surface area contributed by atoms with Crippen molar-refractivity contribution in [1.29, 1.82) is 0 Å². The molecule has 0 saturated heterocycles. The van der Waals surface area contributed by atoms with E-state index in [-0.39, 0.29) is 11.8 Å². The van der Waals surface area contributed by atoms with Gasteiger partial charge in [0.05, 0.1) is 5.92 Å². The number of rotatable bonds is 5. The fourth-order valence-corrected chi connectivity index (χ4v) is 1.83. The summed E-state index contributed by atoms with van der Waals surface area (Å²) in [4.78, 5) is 12.0. The van der Waals surface area contributed by atoms with Gasteiger partial charge >= 0.3 is 0 Å². The number of carbonyl (C=O) groups is 1. The van der Waals surface area contributed by atoms with E-state index in [0.29, 0.717) is 12.5 Å². The lowest BCUT2D eigenvalue weighted by molar-refractivity contribution is -0.120. The predicted molar refractivity (Wildman–Crippen MR) is 71.8 cm³/mol. The first-order valence-corrected chi connectivity index (χ1v) is 6.11. The molecular formula is C14H22N2O. The van der Waals surface area contributed by atoms with Crippen LogP contribution in [0.1, 0.15) is 25.8 Å². The molecule has 3 heteroatoms. The Morgan fingerprint density at radius 1 is 1.35 bits per heavy atom. The molecule has 1 amide bonds.